The monoisotopic (exact) mass is 824 g/mol. The zero-order valence-electron chi connectivity index (χ0n) is 32.5. The fourth-order valence-corrected chi connectivity index (χ4v) is 6.26. The van der Waals surface area contributed by atoms with Crippen molar-refractivity contribution >= 4 is 47.8 Å². The third-order valence-electron chi connectivity index (χ3n) is 8.24. The lowest BCUT2D eigenvalue weighted by atomic mass is 9.96. The van der Waals surface area contributed by atoms with E-state index in [0.717, 1.165) is 55.4 Å². The number of carbonyl (C=O) groups excluding carboxylic acids is 8. The first-order chi connectivity index (χ1) is 26.6. The van der Waals surface area contributed by atoms with E-state index in [1.54, 1.807) is 0 Å². The molecule has 0 bridgehead atoms. The van der Waals surface area contributed by atoms with Crippen LogP contribution in [-0.4, -0.2) is 163 Å². The van der Waals surface area contributed by atoms with Gasteiger partial charge in [-0.1, -0.05) is 0 Å². The summed E-state index contributed by atoms with van der Waals surface area (Å²) >= 11 is 0. The molecule has 0 aromatic carbocycles. The highest BCUT2D eigenvalue weighted by Crippen LogP contribution is 2.35. The van der Waals surface area contributed by atoms with E-state index in [9.17, 15) is 48.6 Å². The van der Waals surface area contributed by atoms with Crippen LogP contribution in [0.4, 0.5) is 0 Å². The van der Waals surface area contributed by atoms with E-state index in [1.807, 2.05) is 0 Å². The molecule has 3 rings (SSSR count). The third kappa shape index (κ3) is 13.3. The van der Waals surface area contributed by atoms with Crippen LogP contribution >= 0.6 is 0 Å². The number of ether oxygens (including phenoxy) is 13. The smallest absolute Gasteiger partial charge is 0.303 e. The SMILES string of the molecule is CC(=O)OC[C@H]1O[C@@H](OC[C@H]2O[C@@H](O)[C@H](OC(C)=O)[C@@H](O[C@@H]3O[C@@H](C)[C@H](OC(C)=O)[C@@H](OC(C)=O)[C@H]3OC(C)=O)[C@@H]2O)[C@H](OC(C)=O)[C@@H](OC(C)=O)[C@@H]1OC(C)=O. The lowest BCUT2D eigenvalue weighted by Crippen LogP contribution is -2.66. The molecule has 2 N–H and O–H groups in total. The summed E-state index contributed by atoms with van der Waals surface area (Å²) < 4.78 is 71.7. The number of aliphatic hydroxyl groups excluding tert-OH is 2. The van der Waals surface area contributed by atoms with Crippen LogP contribution in [0.15, 0.2) is 0 Å². The number of esters is 8. The van der Waals surface area contributed by atoms with E-state index in [2.05, 4.69) is 0 Å². The third-order valence-corrected chi connectivity index (χ3v) is 8.24. The highest BCUT2D eigenvalue weighted by molar-refractivity contribution is 5.70. The molecule has 15 atom stereocenters. The minimum absolute atomic E-state index is 0.574. The van der Waals surface area contributed by atoms with Gasteiger partial charge in [-0.15, -0.1) is 0 Å². The van der Waals surface area contributed by atoms with Gasteiger partial charge in [0.05, 0.1) is 12.7 Å². The molecule has 0 unspecified atom stereocenters. The Morgan fingerprint density at radius 3 is 1.35 bits per heavy atom. The Morgan fingerprint density at radius 2 is 0.860 bits per heavy atom. The van der Waals surface area contributed by atoms with E-state index < -0.39 is 153 Å². The van der Waals surface area contributed by atoms with Gasteiger partial charge in [-0.05, 0) is 6.92 Å². The van der Waals surface area contributed by atoms with E-state index in [4.69, 9.17) is 61.6 Å². The van der Waals surface area contributed by atoms with Crippen molar-refractivity contribution in [3.8, 4) is 0 Å². The molecule has 3 heterocycles. The lowest BCUT2D eigenvalue weighted by molar-refractivity contribution is -0.360. The molecule has 0 aromatic heterocycles. The van der Waals surface area contributed by atoms with Crippen molar-refractivity contribution in [3.63, 3.8) is 0 Å². The summed E-state index contributed by atoms with van der Waals surface area (Å²) in [4.78, 5) is 96.7. The fraction of sp³-hybridized carbons (Fsp3) is 0.765. The summed E-state index contributed by atoms with van der Waals surface area (Å²) in [6.07, 6.45) is -24.5. The molecule has 3 saturated heterocycles. The van der Waals surface area contributed by atoms with Crippen LogP contribution < -0.4 is 0 Å². The molecule has 23 heteroatoms. The first-order valence-corrected chi connectivity index (χ1v) is 17.5. The predicted octanol–water partition coefficient (Wildman–Crippen LogP) is -1.98. The highest BCUT2D eigenvalue weighted by Gasteiger charge is 2.57. The van der Waals surface area contributed by atoms with Gasteiger partial charge < -0.3 is 71.8 Å². The molecular weight excluding hydrogens is 776 g/mol. The van der Waals surface area contributed by atoms with Crippen LogP contribution in [0.1, 0.15) is 62.3 Å². The molecule has 0 saturated carbocycles. The summed E-state index contributed by atoms with van der Waals surface area (Å²) in [5.74, 6) is -7.03. The number of carbonyl (C=O) groups is 8. The van der Waals surface area contributed by atoms with Gasteiger partial charge in [-0.3, -0.25) is 38.4 Å². The van der Waals surface area contributed by atoms with Gasteiger partial charge in [-0.2, -0.15) is 0 Å². The predicted molar refractivity (Wildman–Crippen MR) is 176 cm³/mol. The van der Waals surface area contributed by atoms with Crippen molar-refractivity contribution in [1.82, 2.24) is 0 Å². The van der Waals surface area contributed by atoms with Gasteiger partial charge in [0.1, 0.15) is 31.0 Å². The van der Waals surface area contributed by atoms with Crippen LogP contribution in [0.3, 0.4) is 0 Å². The number of hydrogen-bond donors (Lipinski definition) is 2. The lowest BCUT2D eigenvalue weighted by Gasteiger charge is -2.48. The largest absolute Gasteiger partial charge is 0.463 e. The normalized spacial score (nSPS) is 35.0. The summed E-state index contributed by atoms with van der Waals surface area (Å²) in [7, 11) is 0. The average Bonchev–Trinajstić information content (AvgIpc) is 3.06. The summed E-state index contributed by atoms with van der Waals surface area (Å²) in [6.45, 7) is 8.32. The number of rotatable bonds is 14. The van der Waals surface area contributed by atoms with Crippen LogP contribution in [0.5, 0.6) is 0 Å². The molecular formula is C34H48O23. The topological polar surface area (TPSA) is 297 Å². The van der Waals surface area contributed by atoms with Crippen LogP contribution in [0.2, 0.25) is 0 Å². The second-order valence-corrected chi connectivity index (χ2v) is 13.1. The molecule has 3 aliphatic rings. The van der Waals surface area contributed by atoms with Gasteiger partial charge in [-0.25, -0.2) is 0 Å². The fourth-order valence-electron chi connectivity index (χ4n) is 6.26. The summed E-state index contributed by atoms with van der Waals surface area (Å²) in [6, 6.07) is 0. The zero-order chi connectivity index (χ0) is 42.9. The summed E-state index contributed by atoms with van der Waals surface area (Å²) in [5.41, 5.74) is 0. The van der Waals surface area contributed by atoms with Gasteiger partial charge in [0.2, 0.25) is 0 Å². The Labute approximate surface area is 325 Å². The van der Waals surface area contributed by atoms with Gasteiger partial charge in [0, 0.05) is 55.4 Å². The van der Waals surface area contributed by atoms with E-state index in [0.29, 0.717) is 0 Å². The molecule has 0 aliphatic carbocycles. The molecule has 0 aromatic rings. The Bertz CT molecular complexity index is 1480. The second kappa shape index (κ2) is 20.8. The average molecular weight is 825 g/mol. The quantitative estimate of drug-likeness (QED) is 0.142. The van der Waals surface area contributed by atoms with Crippen LogP contribution in [-0.2, 0) is 99.9 Å². The Kier molecular flexibility index (Phi) is 17.1. The van der Waals surface area contributed by atoms with Crippen molar-refractivity contribution in [2.24, 2.45) is 0 Å². The molecule has 57 heavy (non-hydrogen) atoms. The minimum atomic E-state index is -2.06. The van der Waals surface area contributed by atoms with Gasteiger partial charge in [0.15, 0.2) is 61.6 Å². The van der Waals surface area contributed by atoms with Crippen LogP contribution in [0, 0.1) is 0 Å². The van der Waals surface area contributed by atoms with E-state index >= 15 is 0 Å². The molecule has 23 nitrogen and oxygen atoms in total. The number of hydrogen-bond acceptors (Lipinski definition) is 23. The molecule has 0 amide bonds. The molecule has 0 spiro atoms. The zero-order valence-corrected chi connectivity index (χ0v) is 32.5. The van der Waals surface area contributed by atoms with Gasteiger partial charge in [0.25, 0.3) is 0 Å². The maximum absolute atomic E-state index is 12.3. The maximum Gasteiger partial charge on any atom is 0.303 e. The first-order valence-electron chi connectivity index (χ1n) is 17.5. The molecule has 3 aliphatic heterocycles. The Hall–Kier alpha value is -4.52. The van der Waals surface area contributed by atoms with Crippen molar-refractivity contribution in [1.29, 1.82) is 0 Å². The van der Waals surface area contributed by atoms with Crippen molar-refractivity contribution in [2.45, 2.75) is 154 Å². The minimum Gasteiger partial charge on any atom is -0.463 e. The van der Waals surface area contributed by atoms with Crippen LogP contribution in [0.25, 0.3) is 0 Å². The van der Waals surface area contributed by atoms with E-state index in [1.165, 1.54) is 6.92 Å². The maximum atomic E-state index is 12.3. The number of aliphatic hydroxyl groups is 2. The Balaban J connectivity index is 2.00. The van der Waals surface area contributed by atoms with Gasteiger partial charge >= 0.3 is 47.8 Å². The highest BCUT2D eigenvalue weighted by atomic mass is 16.8. The van der Waals surface area contributed by atoms with E-state index in [-0.39, 0.29) is 0 Å². The molecule has 3 fully saturated rings. The van der Waals surface area contributed by atoms with Crippen molar-refractivity contribution < 1.29 is 110 Å². The first kappa shape index (κ1) is 46.9. The summed E-state index contributed by atoms with van der Waals surface area (Å²) in [5, 5.41) is 22.7. The van der Waals surface area contributed by atoms with Crippen molar-refractivity contribution in [3.05, 3.63) is 0 Å². The second-order valence-electron chi connectivity index (χ2n) is 13.1. The standard InChI is InChI=1S/C34H48O23/c1-12-24(48-14(3)36)27(50-16(5)38)31(54-20(9)42)34(47-12)57-26-23(43)21(55-32(44)29(26)52-18(7)40)10-46-33-30(53-19(8)41)28(51-17(6)39)25(49-15(4)37)22(56-33)11-45-13(2)35/h12,21-34,43-44H,10-11H2,1-9H3/t12-,21+,22+,23+,24-,25+,26-,27+,28-,29+,30+,31+,32+,33+,34-/m0/s1. The molecule has 322 valence electrons. The van der Waals surface area contributed by atoms with Crippen molar-refractivity contribution in [2.75, 3.05) is 13.2 Å². The Morgan fingerprint density at radius 1 is 0.439 bits per heavy atom. The molecule has 0 radical (unpaired) electrons.